The molecule has 3 N–H and O–H groups in total. The quantitative estimate of drug-likeness (QED) is 0.773. The SMILES string of the molecule is O=C(O)CC1(Nc2ccc(N3CCCCC3)cc2)CNC1. The lowest BCUT2D eigenvalue weighted by molar-refractivity contribution is -0.138. The van der Waals surface area contributed by atoms with E-state index in [1.165, 1.54) is 24.9 Å². The van der Waals surface area contributed by atoms with E-state index in [2.05, 4.69) is 39.8 Å². The molecule has 2 heterocycles. The molecule has 1 aromatic rings. The van der Waals surface area contributed by atoms with Crippen LogP contribution in [0.4, 0.5) is 11.4 Å². The summed E-state index contributed by atoms with van der Waals surface area (Å²) in [5.74, 6) is -0.756. The molecule has 3 rings (SSSR count). The lowest BCUT2D eigenvalue weighted by atomic mass is 9.88. The van der Waals surface area contributed by atoms with Gasteiger partial charge in [-0.2, -0.15) is 0 Å². The van der Waals surface area contributed by atoms with Crippen LogP contribution < -0.4 is 15.5 Å². The maximum atomic E-state index is 11.0. The third-order valence-corrected chi connectivity index (χ3v) is 4.41. The van der Waals surface area contributed by atoms with Gasteiger partial charge in [-0.25, -0.2) is 0 Å². The first-order chi connectivity index (χ1) is 10.2. The Balaban J connectivity index is 1.65. The first-order valence-corrected chi connectivity index (χ1v) is 7.73. The minimum Gasteiger partial charge on any atom is -0.481 e. The van der Waals surface area contributed by atoms with Gasteiger partial charge in [-0.05, 0) is 43.5 Å². The van der Waals surface area contributed by atoms with Gasteiger partial charge in [-0.3, -0.25) is 4.79 Å². The molecule has 0 aliphatic carbocycles. The van der Waals surface area contributed by atoms with E-state index in [1.807, 2.05) is 0 Å². The lowest BCUT2D eigenvalue weighted by Crippen LogP contribution is -2.65. The Bertz CT molecular complexity index is 491. The summed E-state index contributed by atoms with van der Waals surface area (Å²) in [6.07, 6.45) is 4.02. The molecular weight excluding hydrogens is 266 g/mol. The molecule has 2 fully saturated rings. The predicted molar refractivity (Wildman–Crippen MR) is 84.0 cm³/mol. The number of benzene rings is 1. The maximum absolute atomic E-state index is 11.0. The number of nitrogens with zero attached hydrogens (tertiary/aromatic N) is 1. The zero-order chi connectivity index (χ0) is 14.7. The predicted octanol–water partition coefficient (Wildman–Crippen LogP) is 1.91. The van der Waals surface area contributed by atoms with Crippen molar-refractivity contribution in [2.24, 2.45) is 0 Å². The molecule has 2 aliphatic rings. The van der Waals surface area contributed by atoms with E-state index in [4.69, 9.17) is 5.11 Å². The maximum Gasteiger partial charge on any atom is 0.305 e. The van der Waals surface area contributed by atoms with Crippen molar-refractivity contribution in [2.75, 3.05) is 36.4 Å². The van der Waals surface area contributed by atoms with Crippen molar-refractivity contribution in [3.8, 4) is 0 Å². The van der Waals surface area contributed by atoms with Gasteiger partial charge in [0.2, 0.25) is 0 Å². The number of aliphatic carboxylic acids is 1. The van der Waals surface area contributed by atoms with Crippen LogP contribution in [0.3, 0.4) is 0 Å². The first kappa shape index (κ1) is 14.2. The fourth-order valence-corrected chi connectivity index (χ4v) is 3.19. The van der Waals surface area contributed by atoms with Gasteiger partial charge in [-0.1, -0.05) is 0 Å². The summed E-state index contributed by atoms with van der Waals surface area (Å²) >= 11 is 0. The second-order valence-corrected chi connectivity index (χ2v) is 6.17. The molecule has 0 amide bonds. The van der Waals surface area contributed by atoms with Crippen molar-refractivity contribution >= 4 is 17.3 Å². The van der Waals surface area contributed by atoms with Crippen LogP contribution in [0.1, 0.15) is 25.7 Å². The Morgan fingerprint density at radius 1 is 1.19 bits per heavy atom. The highest BCUT2D eigenvalue weighted by Gasteiger charge is 2.38. The first-order valence-electron chi connectivity index (χ1n) is 7.73. The van der Waals surface area contributed by atoms with Gasteiger partial charge in [0.25, 0.3) is 0 Å². The summed E-state index contributed by atoms with van der Waals surface area (Å²) in [5.41, 5.74) is 1.93. The van der Waals surface area contributed by atoms with E-state index >= 15 is 0 Å². The number of piperidine rings is 1. The van der Waals surface area contributed by atoms with Gasteiger partial charge in [-0.15, -0.1) is 0 Å². The topological polar surface area (TPSA) is 64.6 Å². The van der Waals surface area contributed by atoms with Crippen molar-refractivity contribution in [3.05, 3.63) is 24.3 Å². The number of anilines is 2. The summed E-state index contributed by atoms with van der Waals surface area (Å²) in [4.78, 5) is 13.4. The van der Waals surface area contributed by atoms with E-state index in [9.17, 15) is 4.79 Å². The van der Waals surface area contributed by atoms with Crippen LogP contribution in [0.15, 0.2) is 24.3 Å². The molecule has 1 aromatic carbocycles. The van der Waals surface area contributed by atoms with Gasteiger partial charge in [0, 0.05) is 37.6 Å². The zero-order valence-electron chi connectivity index (χ0n) is 12.3. The highest BCUT2D eigenvalue weighted by molar-refractivity contribution is 5.70. The van der Waals surface area contributed by atoms with Crippen molar-refractivity contribution < 1.29 is 9.90 Å². The van der Waals surface area contributed by atoms with Crippen LogP contribution in [0.25, 0.3) is 0 Å². The highest BCUT2D eigenvalue weighted by Crippen LogP contribution is 2.26. The van der Waals surface area contributed by atoms with Gasteiger partial charge in [0.15, 0.2) is 0 Å². The van der Waals surface area contributed by atoms with Crippen LogP contribution in [0, 0.1) is 0 Å². The van der Waals surface area contributed by atoms with E-state index in [0.29, 0.717) is 13.1 Å². The number of rotatable bonds is 5. The van der Waals surface area contributed by atoms with E-state index in [1.54, 1.807) is 0 Å². The Hall–Kier alpha value is -1.75. The number of nitrogens with one attached hydrogen (secondary N) is 2. The molecule has 0 aromatic heterocycles. The van der Waals surface area contributed by atoms with Gasteiger partial charge < -0.3 is 20.6 Å². The molecule has 5 heteroatoms. The van der Waals surface area contributed by atoms with Crippen LogP contribution in [-0.4, -0.2) is 42.8 Å². The summed E-state index contributed by atoms with van der Waals surface area (Å²) in [7, 11) is 0. The largest absolute Gasteiger partial charge is 0.481 e. The number of carboxylic acids is 1. The minimum absolute atomic E-state index is 0.147. The normalized spacial score (nSPS) is 20.7. The van der Waals surface area contributed by atoms with Crippen molar-refractivity contribution in [2.45, 2.75) is 31.2 Å². The molecule has 2 aliphatic heterocycles. The summed E-state index contributed by atoms with van der Waals surface area (Å²) in [6.45, 7) is 3.68. The van der Waals surface area contributed by atoms with Crippen LogP contribution in [0.5, 0.6) is 0 Å². The average Bonchev–Trinajstić information content (AvgIpc) is 2.46. The molecular formula is C16H23N3O2. The molecule has 2 saturated heterocycles. The van der Waals surface area contributed by atoms with Crippen LogP contribution in [0.2, 0.25) is 0 Å². The zero-order valence-corrected chi connectivity index (χ0v) is 12.3. The molecule has 0 radical (unpaired) electrons. The monoisotopic (exact) mass is 289 g/mol. The fraction of sp³-hybridized carbons (Fsp3) is 0.562. The summed E-state index contributed by atoms with van der Waals surface area (Å²) in [5, 5.41) is 15.6. The third-order valence-electron chi connectivity index (χ3n) is 4.41. The Labute approximate surface area is 125 Å². The summed E-state index contributed by atoms with van der Waals surface area (Å²) in [6, 6.07) is 8.39. The van der Waals surface area contributed by atoms with E-state index < -0.39 is 5.97 Å². The molecule has 0 unspecified atom stereocenters. The van der Waals surface area contributed by atoms with Crippen LogP contribution in [-0.2, 0) is 4.79 Å². The third kappa shape index (κ3) is 3.29. The Morgan fingerprint density at radius 2 is 1.86 bits per heavy atom. The second-order valence-electron chi connectivity index (χ2n) is 6.17. The Kier molecular flexibility index (Phi) is 4.01. The van der Waals surface area contributed by atoms with E-state index in [-0.39, 0.29) is 12.0 Å². The van der Waals surface area contributed by atoms with Gasteiger partial charge in [0.1, 0.15) is 0 Å². The smallest absolute Gasteiger partial charge is 0.305 e. The van der Waals surface area contributed by atoms with Crippen molar-refractivity contribution in [1.82, 2.24) is 5.32 Å². The molecule has 21 heavy (non-hydrogen) atoms. The number of carbonyl (C=O) groups is 1. The molecule has 114 valence electrons. The van der Waals surface area contributed by atoms with Crippen molar-refractivity contribution in [3.63, 3.8) is 0 Å². The molecule has 0 saturated carbocycles. The molecule has 0 spiro atoms. The molecule has 0 atom stereocenters. The second kappa shape index (κ2) is 5.93. The molecule has 0 bridgehead atoms. The number of hydrogen-bond donors (Lipinski definition) is 3. The highest BCUT2D eigenvalue weighted by atomic mass is 16.4. The van der Waals surface area contributed by atoms with Gasteiger partial charge in [0.05, 0.1) is 12.0 Å². The lowest BCUT2D eigenvalue weighted by Gasteiger charge is -2.43. The number of carboxylic acid groups (broad SMARTS) is 1. The fourth-order valence-electron chi connectivity index (χ4n) is 3.19. The minimum atomic E-state index is -0.756. The molecule has 5 nitrogen and oxygen atoms in total. The van der Waals surface area contributed by atoms with Gasteiger partial charge >= 0.3 is 5.97 Å². The number of hydrogen-bond acceptors (Lipinski definition) is 4. The van der Waals surface area contributed by atoms with Crippen LogP contribution >= 0.6 is 0 Å². The van der Waals surface area contributed by atoms with E-state index in [0.717, 1.165) is 18.8 Å². The summed E-state index contributed by atoms with van der Waals surface area (Å²) < 4.78 is 0. The standard InChI is InChI=1S/C16H23N3O2/c20-15(21)10-16(11-17-12-16)18-13-4-6-14(7-5-13)19-8-2-1-3-9-19/h4-7,17-18H,1-3,8-12H2,(H,20,21). The van der Waals surface area contributed by atoms with Crippen molar-refractivity contribution in [1.29, 1.82) is 0 Å². The Morgan fingerprint density at radius 3 is 2.38 bits per heavy atom. The average molecular weight is 289 g/mol.